The minimum absolute atomic E-state index is 0.0616. The van der Waals surface area contributed by atoms with Crippen molar-refractivity contribution in [3.8, 4) is 0 Å². The van der Waals surface area contributed by atoms with Gasteiger partial charge in [-0.05, 0) is 26.2 Å². The Morgan fingerprint density at radius 2 is 2.33 bits per heavy atom. The summed E-state index contributed by atoms with van der Waals surface area (Å²) >= 11 is 0. The fourth-order valence-corrected chi connectivity index (χ4v) is 1.99. The molecule has 1 unspecified atom stereocenters. The Kier molecular flexibility index (Phi) is 3.33. The molecule has 84 valence electrons. The highest BCUT2D eigenvalue weighted by molar-refractivity contribution is 4.99. The maximum absolute atomic E-state index is 9.10. The summed E-state index contributed by atoms with van der Waals surface area (Å²) in [5, 5.41) is 17.2. The second-order valence-corrected chi connectivity index (χ2v) is 3.73. The number of nitrogens with zero attached hydrogens (tertiary/aromatic N) is 3. The lowest BCUT2D eigenvalue weighted by Crippen LogP contribution is -2.17. The molecule has 2 heterocycles. The van der Waals surface area contributed by atoms with Gasteiger partial charge in [0.2, 0.25) is 0 Å². The molecule has 15 heavy (non-hydrogen) atoms. The summed E-state index contributed by atoms with van der Waals surface area (Å²) < 4.78 is 7.60. The van der Waals surface area contributed by atoms with E-state index in [-0.39, 0.29) is 12.7 Å². The van der Waals surface area contributed by atoms with Crippen molar-refractivity contribution in [1.29, 1.82) is 0 Å². The first-order chi connectivity index (χ1) is 7.36. The molecule has 0 bridgehead atoms. The maximum Gasteiger partial charge on any atom is 0.162 e. The molecule has 1 aromatic heterocycles. The molecule has 5 heteroatoms. The molecule has 0 amide bonds. The smallest absolute Gasteiger partial charge is 0.162 e. The van der Waals surface area contributed by atoms with Crippen LogP contribution in [0.5, 0.6) is 0 Å². The van der Waals surface area contributed by atoms with Crippen molar-refractivity contribution in [2.75, 3.05) is 6.61 Å². The molecule has 0 aromatic carbocycles. The number of ether oxygens (including phenoxy) is 1. The third kappa shape index (κ3) is 2.03. The van der Waals surface area contributed by atoms with Gasteiger partial charge >= 0.3 is 0 Å². The van der Waals surface area contributed by atoms with Gasteiger partial charge in [0.15, 0.2) is 11.6 Å². The van der Waals surface area contributed by atoms with Crippen molar-refractivity contribution in [1.82, 2.24) is 14.8 Å². The Hall–Kier alpha value is -0.940. The topological polar surface area (TPSA) is 60.2 Å². The molecule has 5 nitrogen and oxygen atoms in total. The molecule has 0 spiro atoms. The minimum Gasteiger partial charge on any atom is -0.388 e. The van der Waals surface area contributed by atoms with Crippen molar-refractivity contribution in [3.63, 3.8) is 0 Å². The number of rotatable bonds is 3. The zero-order valence-electron chi connectivity index (χ0n) is 9.02. The van der Waals surface area contributed by atoms with Crippen LogP contribution in [0.25, 0.3) is 0 Å². The van der Waals surface area contributed by atoms with Crippen LogP contribution >= 0.6 is 0 Å². The Morgan fingerprint density at radius 3 is 2.93 bits per heavy atom. The minimum atomic E-state index is -0.0619. The average molecular weight is 211 g/mol. The third-order valence-electron chi connectivity index (χ3n) is 2.78. The molecule has 1 aliphatic rings. The standard InChI is InChI=1S/C10H17N3O2/c1-2-13-9(7-14)11-12-10(13)8-5-3-4-6-15-8/h8,14H,2-7H2,1H3. The summed E-state index contributed by atoms with van der Waals surface area (Å²) in [7, 11) is 0. The molecule has 1 N–H and O–H groups in total. The van der Waals surface area contributed by atoms with E-state index in [0.29, 0.717) is 5.82 Å². The lowest BCUT2D eigenvalue weighted by molar-refractivity contribution is 0.00702. The van der Waals surface area contributed by atoms with E-state index >= 15 is 0 Å². The van der Waals surface area contributed by atoms with Crippen LogP contribution in [-0.2, 0) is 17.9 Å². The van der Waals surface area contributed by atoms with Gasteiger partial charge in [-0.2, -0.15) is 0 Å². The Morgan fingerprint density at radius 1 is 1.47 bits per heavy atom. The predicted molar refractivity (Wildman–Crippen MR) is 54.2 cm³/mol. The SMILES string of the molecule is CCn1c(CO)nnc1C1CCCCO1. The van der Waals surface area contributed by atoms with Crippen LogP contribution in [0.2, 0.25) is 0 Å². The second kappa shape index (κ2) is 4.72. The van der Waals surface area contributed by atoms with Gasteiger partial charge in [0.25, 0.3) is 0 Å². The maximum atomic E-state index is 9.10. The van der Waals surface area contributed by atoms with Crippen LogP contribution < -0.4 is 0 Å². The van der Waals surface area contributed by atoms with E-state index in [1.807, 2.05) is 11.5 Å². The molecule has 0 radical (unpaired) electrons. The van der Waals surface area contributed by atoms with Crippen LogP contribution in [0.3, 0.4) is 0 Å². The molecule has 0 aliphatic carbocycles. The number of aromatic nitrogens is 3. The van der Waals surface area contributed by atoms with Gasteiger partial charge in [0, 0.05) is 13.2 Å². The molecular formula is C10H17N3O2. The van der Waals surface area contributed by atoms with Crippen molar-refractivity contribution >= 4 is 0 Å². The van der Waals surface area contributed by atoms with E-state index in [9.17, 15) is 0 Å². The molecule has 2 rings (SSSR count). The van der Waals surface area contributed by atoms with E-state index in [2.05, 4.69) is 10.2 Å². The van der Waals surface area contributed by atoms with Gasteiger partial charge in [0.1, 0.15) is 12.7 Å². The molecule has 1 atom stereocenters. The van der Waals surface area contributed by atoms with Crippen LogP contribution in [0.1, 0.15) is 43.9 Å². The largest absolute Gasteiger partial charge is 0.388 e. The van der Waals surface area contributed by atoms with E-state index in [1.165, 1.54) is 6.42 Å². The van der Waals surface area contributed by atoms with Crippen LogP contribution in [0.15, 0.2) is 0 Å². The first kappa shape index (κ1) is 10.6. The van der Waals surface area contributed by atoms with Crippen LogP contribution in [0, 0.1) is 0 Å². The summed E-state index contributed by atoms with van der Waals surface area (Å²) in [6.45, 7) is 3.54. The molecule has 1 aliphatic heterocycles. The van der Waals surface area contributed by atoms with Crippen molar-refractivity contribution in [3.05, 3.63) is 11.6 Å². The summed E-state index contributed by atoms with van der Waals surface area (Å²) in [5.41, 5.74) is 0. The van der Waals surface area contributed by atoms with Gasteiger partial charge in [0.05, 0.1) is 0 Å². The average Bonchev–Trinajstić information content (AvgIpc) is 2.72. The molecule has 1 saturated heterocycles. The number of aliphatic hydroxyl groups is 1. The van der Waals surface area contributed by atoms with Crippen LogP contribution in [0.4, 0.5) is 0 Å². The quantitative estimate of drug-likeness (QED) is 0.811. The normalized spacial score (nSPS) is 21.9. The fraction of sp³-hybridized carbons (Fsp3) is 0.800. The summed E-state index contributed by atoms with van der Waals surface area (Å²) in [6.07, 6.45) is 3.37. The van der Waals surface area contributed by atoms with E-state index < -0.39 is 0 Å². The molecule has 1 fully saturated rings. The third-order valence-corrected chi connectivity index (χ3v) is 2.78. The Bertz CT molecular complexity index is 318. The second-order valence-electron chi connectivity index (χ2n) is 3.73. The number of aliphatic hydroxyl groups excluding tert-OH is 1. The fourth-order valence-electron chi connectivity index (χ4n) is 1.99. The molecule has 0 saturated carbocycles. The summed E-state index contributed by atoms with van der Waals surface area (Å²) in [5.74, 6) is 1.49. The predicted octanol–water partition coefficient (Wildman–Crippen LogP) is 1.03. The number of hydrogen-bond donors (Lipinski definition) is 1. The van der Waals surface area contributed by atoms with Gasteiger partial charge < -0.3 is 14.4 Å². The van der Waals surface area contributed by atoms with Crippen LogP contribution in [-0.4, -0.2) is 26.5 Å². The highest BCUT2D eigenvalue weighted by Crippen LogP contribution is 2.26. The summed E-state index contributed by atoms with van der Waals surface area (Å²) in [4.78, 5) is 0. The highest BCUT2D eigenvalue weighted by Gasteiger charge is 2.22. The van der Waals surface area contributed by atoms with Gasteiger partial charge in [-0.25, -0.2) is 0 Å². The first-order valence-electron chi connectivity index (χ1n) is 5.51. The van der Waals surface area contributed by atoms with E-state index in [0.717, 1.165) is 31.8 Å². The van der Waals surface area contributed by atoms with E-state index in [4.69, 9.17) is 9.84 Å². The van der Waals surface area contributed by atoms with Gasteiger partial charge in [-0.3, -0.25) is 0 Å². The summed E-state index contributed by atoms with van der Waals surface area (Å²) in [6, 6.07) is 0. The Labute approximate surface area is 89.1 Å². The lowest BCUT2D eigenvalue weighted by Gasteiger charge is -2.22. The monoisotopic (exact) mass is 211 g/mol. The van der Waals surface area contributed by atoms with Crippen molar-refractivity contribution in [2.24, 2.45) is 0 Å². The zero-order chi connectivity index (χ0) is 10.7. The van der Waals surface area contributed by atoms with Crippen molar-refractivity contribution < 1.29 is 9.84 Å². The first-order valence-corrected chi connectivity index (χ1v) is 5.51. The number of hydrogen-bond acceptors (Lipinski definition) is 4. The van der Waals surface area contributed by atoms with E-state index in [1.54, 1.807) is 0 Å². The van der Waals surface area contributed by atoms with Crippen molar-refractivity contribution in [2.45, 2.75) is 45.4 Å². The Balaban J connectivity index is 2.22. The molecule has 1 aromatic rings. The zero-order valence-corrected chi connectivity index (χ0v) is 9.02. The lowest BCUT2D eigenvalue weighted by atomic mass is 10.1. The van der Waals surface area contributed by atoms with Gasteiger partial charge in [-0.1, -0.05) is 0 Å². The van der Waals surface area contributed by atoms with Gasteiger partial charge in [-0.15, -0.1) is 10.2 Å². The molecular weight excluding hydrogens is 194 g/mol. The highest BCUT2D eigenvalue weighted by atomic mass is 16.5.